The maximum atomic E-state index is 9.46. The van der Waals surface area contributed by atoms with Gasteiger partial charge in [-0.1, -0.05) is 12.1 Å². The molecule has 4 rings (SSSR count). The fraction of sp³-hybridized carbons (Fsp3) is 0.278. The van der Waals surface area contributed by atoms with Crippen molar-refractivity contribution in [3.8, 4) is 22.6 Å². The minimum Gasteiger partial charge on any atom is -0.508 e. The van der Waals surface area contributed by atoms with Gasteiger partial charge >= 0.3 is 0 Å². The van der Waals surface area contributed by atoms with E-state index >= 15 is 0 Å². The van der Waals surface area contributed by atoms with Crippen LogP contribution in [0.1, 0.15) is 6.42 Å². The minimum atomic E-state index is 0.265. The van der Waals surface area contributed by atoms with Gasteiger partial charge in [-0.25, -0.2) is 0 Å². The van der Waals surface area contributed by atoms with Crippen molar-refractivity contribution in [1.29, 1.82) is 0 Å². The normalized spacial score (nSPS) is 17.7. The van der Waals surface area contributed by atoms with Crippen LogP contribution in [-0.4, -0.2) is 35.0 Å². The van der Waals surface area contributed by atoms with Gasteiger partial charge in [0.05, 0.1) is 23.7 Å². The lowest BCUT2D eigenvalue weighted by atomic mass is 10.0. The Morgan fingerprint density at radius 1 is 1.17 bits per heavy atom. The lowest BCUT2D eigenvalue weighted by Crippen LogP contribution is -2.15. The second-order valence-corrected chi connectivity index (χ2v) is 6.02. The van der Waals surface area contributed by atoms with Crippen molar-refractivity contribution in [1.82, 2.24) is 15.5 Å². The van der Waals surface area contributed by atoms with Crippen molar-refractivity contribution >= 4 is 10.9 Å². The van der Waals surface area contributed by atoms with Crippen LogP contribution in [0.15, 0.2) is 42.6 Å². The number of nitrogens with one attached hydrogen (secondary N) is 2. The first-order valence-electron chi connectivity index (χ1n) is 7.89. The van der Waals surface area contributed by atoms with Crippen LogP contribution in [0.5, 0.6) is 11.5 Å². The van der Waals surface area contributed by atoms with Gasteiger partial charge in [0.2, 0.25) is 0 Å². The van der Waals surface area contributed by atoms with Crippen molar-refractivity contribution in [2.45, 2.75) is 6.42 Å². The molecule has 0 bridgehead atoms. The van der Waals surface area contributed by atoms with Crippen molar-refractivity contribution < 1.29 is 9.84 Å². The molecule has 2 heterocycles. The molecule has 118 valence electrons. The van der Waals surface area contributed by atoms with Crippen LogP contribution in [0.25, 0.3) is 22.0 Å². The first-order valence-corrected chi connectivity index (χ1v) is 7.89. The Labute approximate surface area is 134 Å². The van der Waals surface area contributed by atoms with Crippen LogP contribution in [0.4, 0.5) is 0 Å². The zero-order valence-corrected chi connectivity index (χ0v) is 12.7. The summed E-state index contributed by atoms with van der Waals surface area (Å²) in [5.74, 6) is 1.68. The summed E-state index contributed by atoms with van der Waals surface area (Å²) < 4.78 is 6.10. The fourth-order valence-electron chi connectivity index (χ4n) is 3.02. The fourth-order valence-corrected chi connectivity index (χ4v) is 3.02. The number of aromatic nitrogens is 2. The summed E-state index contributed by atoms with van der Waals surface area (Å²) in [6.45, 7) is 2.81. The molecule has 1 aromatic heterocycles. The summed E-state index contributed by atoms with van der Waals surface area (Å²) in [7, 11) is 0. The number of rotatable bonds is 4. The van der Waals surface area contributed by atoms with Crippen LogP contribution in [0.2, 0.25) is 0 Å². The molecule has 1 fully saturated rings. The Balaban J connectivity index is 1.67. The Morgan fingerprint density at radius 2 is 2.04 bits per heavy atom. The summed E-state index contributed by atoms with van der Waals surface area (Å²) in [5, 5.41) is 21.0. The monoisotopic (exact) mass is 309 g/mol. The zero-order valence-electron chi connectivity index (χ0n) is 12.7. The van der Waals surface area contributed by atoms with E-state index in [1.807, 2.05) is 18.2 Å². The third kappa shape index (κ3) is 2.87. The second-order valence-electron chi connectivity index (χ2n) is 6.02. The van der Waals surface area contributed by atoms with E-state index in [4.69, 9.17) is 4.74 Å². The van der Waals surface area contributed by atoms with Crippen LogP contribution in [-0.2, 0) is 0 Å². The number of phenolic OH excluding ortho intramolecular Hbond substituents is 1. The van der Waals surface area contributed by atoms with Gasteiger partial charge in [-0.15, -0.1) is 0 Å². The molecule has 1 aliphatic heterocycles. The van der Waals surface area contributed by atoms with E-state index in [-0.39, 0.29) is 5.75 Å². The topological polar surface area (TPSA) is 70.2 Å². The number of fused-ring (bicyclic) bond motifs is 1. The van der Waals surface area contributed by atoms with E-state index < -0.39 is 0 Å². The minimum absolute atomic E-state index is 0.265. The SMILES string of the molecule is Oc1ccc(-c2cc(OCC3CCNC3)c3cn[nH]c3c2)cc1. The Kier molecular flexibility index (Phi) is 3.63. The molecular formula is C18H19N3O2. The number of aromatic amines is 1. The summed E-state index contributed by atoms with van der Waals surface area (Å²) in [4.78, 5) is 0. The average molecular weight is 309 g/mol. The van der Waals surface area contributed by atoms with Crippen LogP contribution >= 0.6 is 0 Å². The van der Waals surface area contributed by atoms with E-state index in [0.29, 0.717) is 12.5 Å². The van der Waals surface area contributed by atoms with E-state index in [0.717, 1.165) is 47.3 Å². The standard InChI is InChI=1S/C18H19N3O2/c22-15-3-1-13(2-4-15)14-7-17-16(10-20-21-17)18(8-14)23-11-12-5-6-19-9-12/h1-4,7-8,10,12,19,22H,5-6,9,11H2,(H,20,21). The van der Waals surface area contributed by atoms with Gasteiger partial charge < -0.3 is 15.2 Å². The lowest BCUT2D eigenvalue weighted by Gasteiger charge is -2.13. The molecule has 0 amide bonds. The van der Waals surface area contributed by atoms with Crippen molar-refractivity contribution in [3.05, 3.63) is 42.6 Å². The van der Waals surface area contributed by atoms with E-state index in [9.17, 15) is 5.11 Å². The second kappa shape index (κ2) is 5.93. The van der Waals surface area contributed by atoms with Crippen LogP contribution in [0.3, 0.4) is 0 Å². The molecule has 5 nitrogen and oxygen atoms in total. The van der Waals surface area contributed by atoms with Crippen molar-refractivity contribution in [3.63, 3.8) is 0 Å². The summed E-state index contributed by atoms with van der Waals surface area (Å²) in [6.07, 6.45) is 2.96. The third-order valence-electron chi connectivity index (χ3n) is 4.36. The maximum absolute atomic E-state index is 9.46. The van der Waals surface area contributed by atoms with Gasteiger partial charge in [-0.3, -0.25) is 5.10 Å². The van der Waals surface area contributed by atoms with E-state index in [1.54, 1.807) is 18.3 Å². The van der Waals surface area contributed by atoms with Gasteiger partial charge in [0.25, 0.3) is 0 Å². The zero-order chi connectivity index (χ0) is 15.6. The highest BCUT2D eigenvalue weighted by molar-refractivity contribution is 5.89. The number of benzene rings is 2. The maximum Gasteiger partial charge on any atom is 0.130 e. The molecule has 0 saturated carbocycles. The quantitative estimate of drug-likeness (QED) is 0.693. The molecule has 1 unspecified atom stereocenters. The van der Waals surface area contributed by atoms with Crippen LogP contribution in [0, 0.1) is 5.92 Å². The van der Waals surface area contributed by atoms with Gasteiger partial charge in [-0.2, -0.15) is 5.10 Å². The molecule has 3 N–H and O–H groups in total. The summed E-state index contributed by atoms with van der Waals surface area (Å²) in [5.41, 5.74) is 3.03. The highest BCUT2D eigenvalue weighted by atomic mass is 16.5. The Morgan fingerprint density at radius 3 is 2.83 bits per heavy atom. The summed E-state index contributed by atoms with van der Waals surface area (Å²) in [6, 6.07) is 11.3. The van der Waals surface area contributed by atoms with Gasteiger partial charge in [0.1, 0.15) is 11.5 Å². The highest BCUT2D eigenvalue weighted by Crippen LogP contribution is 2.32. The molecule has 0 aliphatic carbocycles. The predicted molar refractivity (Wildman–Crippen MR) is 89.7 cm³/mol. The summed E-state index contributed by atoms with van der Waals surface area (Å²) >= 11 is 0. The Bertz CT molecular complexity index is 805. The third-order valence-corrected chi connectivity index (χ3v) is 4.36. The number of phenols is 1. The lowest BCUT2D eigenvalue weighted by molar-refractivity contribution is 0.263. The number of aromatic hydroxyl groups is 1. The smallest absolute Gasteiger partial charge is 0.130 e. The van der Waals surface area contributed by atoms with E-state index in [2.05, 4.69) is 21.6 Å². The largest absolute Gasteiger partial charge is 0.508 e. The van der Waals surface area contributed by atoms with Gasteiger partial charge in [0, 0.05) is 12.5 Å². The number of H-pyrrole nitrogens is 1. The van der Waals surface area contributed by atoms with Crippen molar-refractivity contribution in [2.75, 3.05) is 19.7 Å². The molecule has 3 aromatic rings. The number of ether oxygens (including phenoxy) is 1. The molecule has 1 saturated heterocycles. The molecular weight excluding hydrogens is 290 g/mol. The first kappa shape index (κ1) is 14.1. The molecule has 1 atom stereocenters. The molecule has 23 heavy (non-hydrogen) atoms. The number of nitrogens with zero attached hydrogens (tertiary/aromatic N) is 1. The predicted octanol–water partition coefficient (Wildman–Crippen LogP) is 2.92. The Hall–Kier alpha value is -2.53. The molecule has 1 aliphatic rings. The molecule has 5 heteroatoms. The van der Waals surface area contributed by atoms with Crippen molar-refractivity contribution in [2.24, 2.45) is 5.92 Å². The average Bonchev–Trinajstić information content (AvgIpc) is 3.24. The highest BCUT2D eigenvalue weighted by Gasteiger charge is 2.16. The van der Waals surface area contributed by atoms with E-state index in [1.165, 1.54) is 0 Å². The molecule has 0 radical (unpaired) electrons. The van der Waals surface area contributed by atoms with Gasteiger partial charge in [-0.05, 0) is 48.4 Å². The molecule has 2 aromatic carbocycles. The first-order chi connectivity index (χ1) is 11.3. The molecule has 0 spiro atoms. The number of hydrogen-bond acceptors (Lipinski definition) is 4. The van der Waals surface area contributed by atoms with Crippen LogP contribution < -0.4 is 10.1 Å². The van der Waals surface area contributed by atoms with Gasteiger partial charge in [0.15, 0.2) is 0 Å². The number of hydrogen-bond donors (Lipinski definition) is 3.